The zero-order valence-corrected chi connectivity index (χ0v) is 20.3. The number of benzene rings is 3. The minimum absolute atomic E-state index is 0.0600. The molecule has 176 valence electrons. The molecule has 1 aromatic heterocycles. The van der Waals surface area contributed by atoms with Crippen LogP contribution in [-0.2, 0) is 21.4 Å². The number of hydrogen-bond acceptors (Lipinski definition) is 4. The van der Waals surface area contributed by atoms with Crippen molar-refractivity contribution in [1.29, 1.82) is 0 Å². The van der Waals surface area contributed by atoms with E-state index in [1.807, 2.05) is 19.1 Å². The van der Waals surface area contributed by atoms with Crippen LogP contribution < -0.4 is 4.80 Å². The molecule has 0 spiro atoms. The highest BCUT2D eigenvalue weighted by Crippen LogP contribution is 2.28. The Morgan fingerprint density at radius 2 is 1.76 bits per heavy atom. The molecule has 3 aromatic carbocycles. The molecule has 1 aliphatic rings. The van der Waals surface area contributed by atoms with Gasteiger partial charge in [0.2, 0.25) is 10.0 Å². The largest absolute Gasteiger partial charge is 0.317 e. The third kappa shape index (κ3) is 4.08. The summed E-state index contributed by atoms with van der Waals surface area (Å²) in [5.41, 5.74) is 1.05. The topological polar surface area (TPSA) is 71.7 Å². The lowest BCUT2D eigenvalue weighted by Crippen LogP contribution is -2.40. The maximum Gasteiger partial charge on any atom is 0.251 e. The number of halogens is 1. The van der Waals surface area contributed by atoms with Gasteiger partial charge in [0.25, 0.3) is 5.91 Å². The summed E-state index contributed by atoms with van der Waals surface area (Å²) in [7, 11) is -3.71. The van der Waals surface area contributed by atoms with Crippen molar-refractivity contribution >= 4 is 48.3 Å². The van der Waals surface area contributed by atoms with Crippen molar-refractivity contribution in [3.63, 3.8) is 0 Å². The quantitative estimate of drug-likeness (QED) is 0.416. The molecular weight excluding hydrogens is 473 g/mol. The molecule has 0 atom stereocenters. The van der Waals surface area contributed by atoms with Crippen LogP contribution in [0.2, 0.25) is 0 Å². The van der Waals surface area contributed by atoms with Gasteiger partial charge in [-0.15, -0.1) is 0 Å². The molecule has 4 aromatic rings. The number of carbonyl (C=O) groups is 1. The van der Waals surface area contributed by atoms with Gasteiger partial charge in [-0.05, 0) is 55.5 Å². The lowest BCUT2D eigenvalue weighted by Gasteiger charge is -2.29. The number of fused-ring (bicyclic) bond motifs is 3. The number of aromatic nitrogens is 1. The van der Waals surface area contributed by atoms with Crippen LogP contribution in [0.5, 0.6) is 0 Å². The van der Waals surface area contributed by atoms with Gasteiger partial charge in [-0.2, -0.15) is 9.30 Å². The van der Waals surface area contributed by atoms with E-state index in [2.05, 4.69) is 33.8 Å². The first kappa shape index (κ1) is 22.9. The summed E-state index contributed by atoms with van der Waals surface area (Å²) in [4.78, 5) is 18.3. The van der Waals surface area contributed by atoms with E-state index in [9.17, 15) is 17.6 Å². The predicted octanol–water partition coefficient (Wildman–Crippen LogP) is 4.54. The number of rotatable bonds is 4. The molecule has 0 unspecified atom stereocenters. The normalized spacial score (nSPS) is 16.5. The summed E-state index contributed by atoms with van der Waals surface area (Å²) in [6.07, 6.45) is 0.811. The second-order valence-corrected chi connectivity index (χ2v) is 11.3. The van der Waals surface area contributed by atoms with Crippen LogP contribution in [0.15, 0.2) is 70.6 Å². The molecule has 1 aliphatic heterocycles. The molecule has 0 N–H and O–H groups in total. The fourth-order valence-corrected chi connectivity index (χ4v) is 7.18. The van der Waals surface area contributed by atoms with Gasteiger partial charge in [0, 0.05) is 30.9 Å². The van der Waals surface area contributed by atoms with E-state index in [0.717, 1.165) is 33.1 Å². The highest BCUT2D eigenvalue weighted by atomic mass is 32.2. The molecule has 0 bridgehead atoms. The van der Waals surface area contributed by atoms with Crippen molar-refractivity contribution in [2.75, 3.05) is 13.1 Å². The first-order chi connectivity index (χ1) is 16.4. The average Bonchev–Trinajstić information content (AvgIpc) is 3.21. The van der Waals surface area contributed by atoms with Crippen molar-refractivity contribution in [2.45, 2.75) is 31.2 Å². The average molecular weight is 498 g/mol. The molecule has 6 nitrogen and oxygen atoms in total. The lowest BCUT2D eigenvalue weighted by atomic mass is 9.98. The first-order valence-corrected chi connectivity index (χ1v) is 13.5. The Kier molecular flexibility index (Phi) is 6.09. The van der Waals surface area contributed by atoms with Gasteiger partial charge in [-0.3, -0.25) is 4.79 Å². The van der Waals surface area contributed by atoms with E-state index >= 15 is 0 Å². The maximum absolute atomic E-state index is 13.2. The van der Waals surface area contributed by atoms with Crippen molar-refractivity contribution in [2.24, 2.45) is 10.9 Å². The van der Waals surface area contributed by atoms with E-state index in [-0.39, 0.29) is 29.8 Å². The van der Waals surface area contributed by atoms with Gasteiger partial charge < -0.3 is 4.57 Å². The zero-order chi connectivity index (χ0) is 23.9. The van der Waals surface area contributed by atoms with Crippen LogP contribution in [0.25, 0.3) is 21.0 Å². The van der Waals surface area contributed by atoms with Gasteiger partial charge in [0.05, 0.1) is 15.1 Å². The van der Waals surface area contributed by atoms with Gasteiger partial charge in [0.1, 0.15) is 5.82 Å². The Hall–Kier alpha value is -2.88. The number of hydrogen-bond donors (Lipinski definition) is 0. The van der Waals surface area contributed by atoms with E-state index in [1.165, 1.54) is 27.8 Å². The molecular formula is C25H24FN3O3S2. The molecule has 0 radical (unpaired) electrons. The molecule has 0 aliphatic carbocycles. The van der Waals surface area contributed by atoms with Crippen LogP contribution in [0.4, 0.5) is 4.39 Å². The van der Waals surface area contributed by atoms with Crippen LogP contribution in [0.1, 0.15) is 19.8 Å². The first-order valence-electron chi connectivity index (χ1n) is 11.2. The standard InChI is InChI=1S/C25H24FN3O3S2/c1-2-29-22-12-7-17-5-3-4-6-21(17)23(22)33-25(29)27-24(30)18-13-15-28(16-14-18)34(31,32)20-10-8-19(26)9-11-20/h3-12,18H,2,13-16H2,1H3. The third-order valence-electron chi connectivity index (χ3n) is 6.35. The summed E-state index contributed by atoms with van der Waals surface area (Å²) in [6.45, 7) is 3.19. The number of sulfonamides is 1. The van der Waals surface area contributed by atoms with Crippen LogP contribution in [-0.4, -0.2) is 36.3 Å². The minimum atomic E-state index is -3.71. The Morgan fingerprint density at radius 3 is 2.47 bits per heavy atom. The molecule has 5 rings (SSSR count). The molecule has 1 fully saturated rings. The number of carbonyl (C=O) groups excluding carboxylic acids is 1. The maximum atomic E-state index is 13.2. The number of nitrogens with zero attached hydrogens (tertiary/aromatic N) is 3. The SMILES string of the molecule is CCn1c(=NC(=O)C2CCN(S(=O)(=O)c3ccc(F)cc3)CC2)sc2c3ccccc3ccc21. The Bertz CT molecular complexity index is 1550. The van der Waals surface area contributed by atoms with E-state index < -0.39 is 15.8 Å². The number of thiazole rings is 1. The second-order valence-electron chi connectivity index (χ2n) is 8.35. The third-order valence-corrected chi connectivity index (χ3v) is 9.39. The van der Waals surface area contributed by atoms with Gasteiger partial charge in [-0.1, -0.05) is 41.7 Å². The highest BCUT2D eigenvalue weighted by molar-refractivity contribution is 7.89. The van der Waals surface area contributed by atoms with E-state index in [4.69, 9.17) is 0 Å². The van der Waals surface area contributed by atoms with Crippen LogP contribution in [0.3, 0.4) is 0 Å². The Morgan fingerprint density at radius 1 is 1.06 bits per heavy atom. The summed E-state index contributed by atoms with van der Waals surface area (Å²) in [5.74, 6) is -1.02. The molecule has 1 amide bonds. The fraction of sp³-hybridized carbons (Fsp3) is 0.280. The Balaban J connectivity index is 1.38. The van der Waals surface area contributed by atoms with Crippen molar-refractivity contribution in [3.8, 4) is 0 Å². The van der Waals surface area contributed by atoms with Crippen LogP contribution in [0, 0.1) is 11.7 Å². The second kappa shape index (κ2) is 9.05. The molecule has 34 heavy (non-hydrogen) atoms. The van der Waals surface area contributed by atoms with Gasteiger partial charge >= 0.3 is 0 Å². The molecule has 2 heterocycles. The number of aryl methyl sites for hydroxylation is 1. The Labute approximate surface area is 201 Å². The summed E-state index contributed by atoms with van der Waals surface area (Å²) < 4.78 is 43.4. The zero-order valence-electron chi connectivity index (χ0n) is 18.6. The summed E-state index contributed by atoms with van der Waals surface area (Å²) >= 11 is 1.51. The van der Waals surface area contributed by atoms with E-state index in [1.54, 1.807) is 0 Å². The predicted molar refractivity (Wildman–Crippen MR) is 131 cm³/mol. The lowest BCUT2D eigenvalue weighted by molar-refractivity contribution is -0.122. The van der Waals surface area contributed by atoms with Crippen molar-refractivity contribution < 1.29 is 17.6 Å². The minimum Gasteiger partial charge on any atom is -0.317 e. The van der Waals surface area contributed by atoms with Crippen molar-refractivity contribution in [1.82, 2.24) is 8.87 Å². The number of piperidine rings is 1. The monoisotopic (exact) mass is 497 g/mol. The molecule has 9 heteroatoms. The fourth-order valence-electron chi connectivity index (χ4n) is 4.47. The summed E-state index contributed by atoms with van der Waals surface area (Å²) in [6, 6.07) is 17.1. The highest BCUT2D eigenvalue weighted by Gasteiger charge is 2.32. The summed E-state index contributed by atoms with van der Waals surface area (Å²) in [5, 5.41) is 2.28. The van der Waals surface area contributed by atoms with Crippen molar-refractivity contribution in [3.05, 3.63) is 71.3 Å². The van der Waals surface area contributed by atoms with Gasteiger partial charge in [-0.25, -0.2) is 12.8 Å². The smallest absolute Gasteiger partial charge is 0.251 e. The van der Waals surface area contributed by atoms with E-state index in [0.29, 0.717) is 24.2 Å². The van der Waals surface area contributed by atoms with Crippen LogP contribution >= 0.6 is 11.3 Å². The number of amides is 1. The molecule has 0 saturated carbocycles. The molecule has 1 saturated heterocycles. The van der Waals surface area contributed by atoms with Gasteiger partial charge in [0.15, 0.2) is 4.80 Å².